The first kappa shape index (κ1) is 10.4. The lowest BCUT2D eigenvalue weighted by Gasteiger charge is -2.17. The summed E-state index contributed by atoms with van der Waals surface area (Å²) in [6, 6.07) is 5.82. The van der Waals surface area contributed by atoms with Crippen LogP contribution in [0.4, 0.5) is 0 Å². The van der Waals surface area contributed by atoms with Gasteiger partial charge in [-0.2, -0.15) is 0 Å². The van der Waals surface area contributed by atoms with E-state index in [1.165, 1.54) is 0 Å². The fourth-order valence-corrected chi connectivity index (χ4v) is 2.03. The van der Waals surface area contributed by atoms with Crippen molar-refractivity contribution in [3.05, 3.63) is 23.8 Å². The molecule has 1 aromatic carbocycles. The molecule has 1 aliphatic carbocycles. The lowest BCUT2D eigenvalue weighted by molar-refractivity contribution is -0.131. The zero-order chi connectivity index (χ0) is 11.8. The van der Waals surface area contributed by atoms with Gasteiger partial charge in [-0.1, -0.05) is 6.07 Å². The molecule has 90 valence electrons. The summed E-state index contributed by atoms with van der Waals surface area (Å²) in [6.07, 6.45) is 2.09. The summed E-state index contributed by atoms with van der Waals surface area (Å²) in [5.41, 5.74) is 1.07. The minimum absolute atomic E-state index is 0.252. The van der Waals surface area contributed by atoms with E-state index in [1.54, 1.807) is 4.90 Å². The summed E-state index contributed by atoms with van der Waals surface area (Å²) in [6.45, 7) is 0.918. The SMILES string of the molecule is CN(Cc1ccc2c(c1)OCO2)C(=O)C1CC1. The molecule has 17 heavy (non-hydrogen) atoms. The molecule has 0 bridgehead atoms. The number of hydrogen-bond acceptors (Lipinski definition) is 3. The van der Waals surface area contributed by atoms with Crippen LogP contribution in [-0.2, 0) is 11.3 Å². The Morgan fingerprint density at radius 2 is 2.12 bits per heavy atom. The second kappa shape index (κ2) is 3.95. The van der Waals surface area contributed by atoms with Crippen LogP contribution in [0, 0.1) is 5.92 Å². The Balaban J connectivity index is 1.70. The van der Waals surface area contributed by atoms with Crippen molar-refractivity contribution in [1.29, 1.82) is 0 Å². The molecule has 0 saturated heterocycles. The van der Waals surface area contributed by atoms with Crippen LogP contribution in [0.5, 0.6) is 11.5 Å². The smallest absolute Gasteiger partial charge is 0.231 e. The highest BCUT2D eigenvalue weighted by Crippen LogP contribution is 2.34. The van der Waals surface area contributed by atoms with Gasteiger partial charge in [-0.25, -0.2) is 0 Å². The minimum Gasteiger partial charge on any atom is -0.454 e. The lowest BCUT2D eigenvalue weighted by atomic mass is 10.2. The number of carbonyl (C=O) groups is 1. The molecule has 1 heterocycles. The average molecular weight is 233 g/mol. The van der Waals surface area contributed by atoms with E-state index in [0.29, 0.717) is 6.54 Å². The predicted octanol–water partition coefficient (Wildman–Crippen LogP) is 1.78. The van der Waals surface area contributed by atoms with Gasteiger partial charge in [0, 0.05) is 19.5 Å². The van der Waals surface area contributed by atoms with Gasteiger partial charge in [0.15, 0.2) is 11.5 Å². The fraction of sp³-hybridized carbons (Fsp3) is 0.462. The monoisotopic (exact) mass is 233 g/mol. The zero-order valence-corrected chi connectivity index (χ0v) is 9.81. The number of nitrogens with zero attached hydrogens (tertiary/aromatic N) is 1. The third-order valence-corrected chi connectivity index (χ3v) is 3.16. The van der Waals surface area contributed by atoms with E-state index in [0.717, 1.165) is 29.9 Å². The molecule has 3 rings (SSSR count). The summed E-state index contributed by atoms with van der Waals surface area (Å²) >= 11 is 0. The third kappa shape index (κ3) is 2.07. The second-order valence-electron chi connectivity index (χ2n) is 4.66. The van der Waals surface area contributed by atoms with Crippen LogP contribution in [0.1, 0.15) is 18.4 Å². The van der Waals surface area contributed by atoms with E-state index >= 15 is 0 Å². The quantitative estimate of drug-likeness (QED) is 0.798. The predicted molar refractivity (Wildman–Crippen MR) is 61.8 cm³/mol. The molecule has 1 aromatic rings. The molecule has 4 heteroatoms. The lowest BCUT2D eigenvalue weighted by Crippen LogP contribution is -2.27. The van der Waals surface area contributed by atoms with Gasteiger partial charge in [0.2, 0.25) is 12.7 Å². The van der Waals surface area contributed by atoms with Gasteiger partial charge in [0.05, 0.1) is 0 Å². The Morgan fingerprint density at radius 3 is 2.88 bits per heavy atom. The molecule has 0 N–H and O–H groups in total. The van der Waals surface area contributed by atoms with E-state index in [-0.39, 0.29) is 18.6 Å². The van der Waals surface area contributed by atoms with Gasteiger partial charge in [0.1, 0.15) is 0 Å². The van der Waals surface area contributed by atoms with Crippen molar-refractivity contribution in [3.8, 4) is 11.5 Å². The van der Waals surface area contributed by atoms with Crippen LogP contribution in [0.15, 0.2) is 18.2 Å². The van der Waals surface area contributed by atoms with Crippen molar-refractivity contribution in [2.24, 2.45) is 5.92 Å². The Morgan fingerprint density at radius 1 is 1.35 bits per heavy atom. The van der Waals surface area contributed by atoms with Gasteiger partial charge >= 0.3 is 0 Å². The Bertz CT molecular complexity index is 454. The molecule has 0 atom stereocenters. The summed E-state index contributed by atoms with van der Waals surface area (Å²) in [5.74, 6) is 2.08. The first-order chi connectivity index (χ1) is 8.24. The van der Waals surface area contributed by atoms with Gasteiger partial charge in [0.25, 0.3) is 0 Å². The summed E-state index contributed by atoms with van der Waals surface area (Å²) < 4.78 is 10.6. The normalized spacial score (nSPS) is 17.0. The van der Waals surface area contributed by atoms with Crippen LogP contribution in [-0.4, -0.2) is 24.6 Å². The maximum atomic E-state index is 11.8. The number of hydrogen-bond donors (Lipinski definition) is 0. The Kier molecular flexibility index (Phi) is 2.42. The molecule has 0 spiro atoms. The van der Waals surface area contributed by atoms with E-state index in [4.69, 9.17) is 9.47 Å². The van der Waals surface area contributed by atoms with Crippen molar-refractivity contribution in [2.75, 3.05) is 13.8 Å². The molecule has 0 radical (unpaired) electrons. The number of fused-ring (bicyclic) bond motifs is 1. The number of rotatable bonds is 3. The van der Waals surface area contributed by atoms with Crippen LogP contribution in [0.2, 0.25) is 0 Å². The Hall–Kier alpha value is -1.71. The van der Waals surface area contributed by atoms with Crippen LogP contribution in [0.25, 0.3) is 0 Å². The third-order valence-electron chi connectivity index (χ3n) is 3.16. The van der Waals surface area contributed by atoms with Gasteiger partial charge in [-0.3, -0.25) is 4.79 Å². The second-order valence-corrected chi connectivity index (χ2v) is 4.66. The topological polar surface area (TPSA) is 38.8 Å². The summed E-state index contributed by atoms with van der Waals surface area (Å²) in [7, 11) is 1.85. The molecular weight excluding hydrogens is 218 g/mol. The van der Waals surface area contributed by atoms with Gasteiger partial charge in [-0.15, -0.1) is 0 Å². The zero-order valence-electron chi connectivity index (χ0n) is 9.81. The van der Waals surface area contributed by atoms with E-state index in [1.807, 2.05) is 25.2 Å². The average Bonchev–Trinajstić information content (AvgIpc) is 3.07. The molecule has 1 amide bonds. The summed E-state index contributed by atoms with van der Waals surface area (Å²) in [5, 5.41) is 0. The maximum absolute atomic E-state index is 11.8. The van der Waals surface area contributed by atoms with Crippen molar-refractivity contribution in [3.63, 3.8) is 0 Å². The van der Waals surface area contributed by atoms with Crippen LogP contribution < -0.4 is 9.47 Å². The highest BCUT2D eigenvalue weighted by Gasteiger charge is 2.32. The van der Waals surface area contributed by atoms with E-state index in [9.17, 15) is 4.79 Å². The van der Waals surface area contributed by atoms with Crippen molar-refractivity contribution in [2.45, 2.75) is 19.4 Å². The summed E-state index contributed by atoms with van der Waals surface area (Å²) in [4.78, 5) is 13.6. The van der Waals surface area contributed by atoms with Gasteiger partial charge < -0.3 is 14.4 Å². The molecular formula is C13H15NO3. The molecule has 1 saturated carbocycles. The minimum atomic E-state index is 0.252. The number of amides is 1. The van der Waals surface area contributed by atoms with E-state index in [2.05, 4.69) is 0 Å². The van der Waals surface area contributed by atoms with Crippen LogP contribution >= 0.6 is 0 Å². The molecule has 0 aromatic heterocycles. The molecule has 2 aliphatic rings. The first-order valence-corrected chi connectivity index (χ1v) is 5.87. The van der Waals surface area contributed by atoms with Crippen molar-refractivity contribution in [1.82, 2.24) is 4.90 Å². The van der Waals surface area contributed by atoms with E-state index < -0.39 is 0 Å². The highest BCUT2D eigenvalue weighted by molar-refractivity contribution is 5.80. The first-order valence-electron chi connectivity index (χ1n) is 5.87. The molecule has 0 unspecified atom stereocenters. The van der Waals surface area contributed by atoms with Crippen molar-refractivity contribution >= 4 is 5.91 Å². The Labute approximate surface area is 100 Å². The molecule has 1 fully saturated rings. The standard InChI is InChI=1S/C13H15NO3/c1-14(13(15)10-3-4-10)7-9-2-5-11-12(6-9)17-8-16-11/h2,5-6,10H,3-4,7-8H2,1H3. The van der Waals surface area contributed by atoms with Crippen LogP contribution in [0.3, 0.4) is 0 Å². The largest absolute Gasteiger partial charge is 0.454 e. The fourth-order valence-electron chi connectivity index (χ4n) is 2.03. The van der Waals surface area contributed by atoms with Crippen molar-refractivity contribution < 1.29 is 14.3 Å². The molecule has 4 nitrogen and oxygen atoms in total. The number of carbonyl (C=O) groups excluding carboxylic acids is 1. The number of ether oxygens (including phenoxy) is 2. The van der Waals surface area contributed by atoms with Gasteiger partial charge in [-0.05, 0) is 30.5 Å². The maximum Gasteiger partial charge on any atom is 0.231 e. The number of benzene rings is 1. The highest BCUT2D eigenvalue weighted by atomic mass is 16.7. The molecule has 1 aliphatic heterocycles.